The minimum absolute atomic E-state index is 0.193. The first-order chi connectivity index (χ1) is 7.16. The number of fused-ring (bicyclic) bond motifs is 1. The molecule has 1 aromatic rings. The molecule has 0 spiro atoms. The Balaban J connectivity index is 2.32. The molecule has 1 aromatic carbocycles. The number of hydrogen-bond acceptors (Lipinski definition) is 2. The molecule has 0 saturated carbocycles. The second kappa shape index (κ2) is 3.93. The number of carbonyl (C=O) groups excluding carboxylic acids is 1. The molecule has 3 N–H and O–H groups in total. The number of primary amides is 1. The maximum absolute atomic E-state index is 10.9. The number of phenols is 1. The molecule has 0 fully saturated rings. The van der Waals surface area contributed by atoms with Crippen molar-refractivity contribution < 1.29 is 9.90 Å². The molecule has 80 valence electrons. The van der Waals surface area contributed by atoms with Gasteiger partial charge in [0, 0.05) is 6.42 Å². The smallest absolute Gasteiger partial charge is 0.218 e. The largest absolute Gasteiger partial charge is 0.508 e. The molecule has 0 bridgehead atoms. The molecule has 0 saturated heterocycles. The Morgan fingerprint density at radius 2 is 2.33 bits per heavy atom. The monoisotopic (exact) mass is 205 g/mol. The van der Waals surface area contributed by atoms with Crippen molar-refractivity contribution in [2.24, 2.45) is 5.73 Å². The van der Waals surface area contributed by atoms with Gasteiger partial charge in [-0.05, 0) is 48.4 Å². The number of rotatable bonds is 2. The van der Waals surface area contributed by atoms with Crippen molar-refractivity contribution in [2.75, 3.05) is 0 Å². The van der Waals surface area contributed by atoms with Gasteiger partial charge in [-0.3, -0.25) is 4.79 Å². The fourth-order valence-corrected chi connectivity index (χ4v) is 2.34. The molecule has 1 aliphatic rings. The van der Waals surface area contributed by atoms with E-state index in [4.69, 9.17) is 5.73 Å². The molecule has 15 heavy (non-hydrogen) atoms. The van der Waals surface area contributed by atoms with E-state index in [-0.39, 0.29) is 17.6 Å². The van der Waals surface area contributed by atoms with Gasteiger partial charge in [-0.25, -0.2) is 0 Å². The second-order valence-corrected chi connectivity index (χ2v) is 4.14. The van der Waals surface area contributed by atoms with Crippen LogP contribution in [0.4, 0.5) is 0 Å². The number of benzene rings is 1. The van der Waals surface area contributed by atoms with Crippen LogP contribution in [0.3, 0.4) is 0 Å². The Morgan fingerprint density at radius 1 is 1.53 bits per heavy atom. The molecule has 1 unspecified atom stereocenters. The number of amides is 1. The highest BCUT2D eigenvalue weighted by Gasteiger charge is 2.21. The molecule has 0 aliphatic heterocycles. The van der Waals surface area contributed by atoms with Crippen molar-refractivity contribution in [3.05, 3.63) is 29.3 Å². The van der Waals surface area contributed by atoms with Crippen LogP contribution in [0.25, 0.3) is 0 Å². The summed E-state index contributed by atoms with van der Waals surface area (Å²) in [4.78, 5) is 10.9. The molecule has 1 amide bonds. The zero-order chi connectivity index (χ0) is 10.8. The van der Waals surface area contributed by atoms with E-state index in [1.807, 2.05) is 6.07 Å². The first-order valence-corrected chi connectivity index (χ1v) is 5.27. The fraction of sp³-hybridized carbons (Fsp3) is 0.417. The lowest BCUT2D eigenvalue weighted by Crippen LogP contribution is -2.18. The summed E-state index contributed by atoms with van der Waals surface area (Å²) in [6, 6.07) is 5.41. The van der Waals surface area contributed by atoms with Gasteiger partial charge in [0.05, 0.1) is 0 Å². The van der Waals surface area contributed by atoms with Crippen LogP contribution in [0.15, 0.2) is 18.2 Å². The van der Waals surface area contributed by atoms with Crippen molar-refractivity contribution in [1.82, 2.24) is 0 Å². The quantitative estimate of drug-likeness (QED) is 0.771. The van der Waals surface area contributed by atoms with E-state index in [1.165, 1.54) is 5.56 Å². The van der Waals surface area contributed by atoms with E-state index in [0.717, 1.165) is 24.8 Å². The van der Waals surface area contributed by atoms with Crippen molar-refractivity contribution in [2.45, 2.75) is 31.6 Å². The van der Waals surface area contributed by atoms with Crippen LogP contribution in [-0.4, -0.2) is 11.0 Å². The van der Waals surface area contributed by atoms with E-state index < -0.39 is 0 Å². The SMILES string of the molecule is NC(=O)CC1CCCc2ccc(O)cc21. The summed E-state index contributed by atoms with van der Waals surface area (Å²) in [6.07, 6.45) is 3.50. The molecular formula is C12H15NO2. The average molecular weight is 205 g/mol. The number of aromatic hydroxyl groups is 1. The Morgan fingerprint density at radius 3 is 3.07 bits per heavy atom. The van der Waals surface area contributed by atoms with E-state index in [9.17, 15) is 9.90 Å². The summed E-state index contributed by atoms with van der Waals surface area (Å²) in [5.41, 5.74) is 7.56. The highest BCUT2D eigenvalue weighted by molar-refractivity contribution is 5.75. The minimum atomic E-state index is -0.267. The molecule has 2 rings (SSSR count). The van der Waals surface area contributed by atoms with Gasteiger partial charge in [0.2, 0.25) is 5.91 Å². The van der Waals surface area contributed by atoms with Crippen molar-refractivity contribution >= 4 is 5.91 Å². The van der Waals surface area contributed by atoms with Crippen molar-refractivity contribution in [3.8, 4) is 5.75 Å². The standard InChI is InChI=1S/C12H15NO2/c13-12(15)6-9-3-1-2-8-4-5-10(14)7-11(8)9/h4-5,7,9,14H,1-3,6H2,(H2,13,15). The third-order valence-corrected chi connectivity index (χ3v) is 3.02. The number of aryl methyl sites for hydroxylation is 1. The summed E-state index contributed by atoms with van der Waals surface area (Å²) in [5, 5.41) is 9.42. The maximum Gasteiger partial charge on any atom is 0.218 e. The van der Waals surface area contributed by atoms with Gasteiger partial charge >= 0.3 is 0 Å². The van der Waals surface area contributed by atoms with Gasteiger partial charge in [-0.15, -0.1) is 0 Å². The summed E-state index contributed by atoms with van der Waals surface area (Å²) >= 11 is 0. The summed E-state index contributed by atoms with van der Waals surface area (Å²) in [7, 11) is 0. The summed E-state index contributed by atoms with van der Waals surface area (Å²) < 4.78 is 0. The van der Waals surface area contributed by atoms with E-state index in [1.54, 1.807) is 12.1 Å². The van der Waals surface area contributed by atoms with Crippen LogP contribution in [-0.2, 0) is 11.2 Å². The molecule has 3 heteroatoms. The van der Waals surface area contributed by atoms with Crippen LogP contribution >= 0.6 is 0 Å². The van der Waals surface area contributed by atoms with Gasteiger partial charge < -0.3 is 10.8 Å². The maximum atomic E-state index is 10.9. The van der Waals surface area contributed by atoms with E-state index in [0.29, 0.717) is 6.42 Å². The highest BCUT2D eigenvalue weighted by Crippen LogP contribution is 2.35. The van der Waals surface area contributed by atoms with Crippen LogP contribution in [0.5, 0.6) is 5.75 Å². The van der Waals surface area contributed by atoms with Crippen LogP contribution < -0.4 is 5.73 Å². The Kier molecular flexibility index (Phi) is 2.62. The third kappa shape index (κ3) is 2.12. The Bertz CT molecular complexity index is 387. The lowest BCUT2D eigenvalue weighted by Gasteiger charge is -2.24. The molecule has 3 nitrogen and oxygen atoms in total. The number of nitrogens with two attached hydrogens (primary N) is 1. The van der Waals surface area contributed by atoms with Gasteiger partial charge in [0.25, 0.3) is 0 Å². The summed E-state index contributed by atoms with van der Waals surface area (Å²) in [6.45, 7) is 0. The zero-order valence-corrected chi connectivity index (χ0v) is 8.57. The number of phenolic OH excluding ortho intramolecular Hbond substituents is 1. The normalized spacial score (nSPS) is 19.6. The third-order valence-electron chi connectivity index (χ3n) is 3.02. The first kappa shape index (κ1) is 10.0. The van der Waals surface area contributed by atoms with Crippen molar-refractivity contribution in [1.29, 1.82) is 0 Å². The number of hydrogen-bond donors (Lipinski definition) is 2. The Labute approximate surface area is 88.9 Å². The molecule has 0 heterocycles. The molecule has 0 radical (unpaired) electrons. The first-order valence-electron chi connectivity index (χ1n) is 5.27. The van der Waals surface area contributed by atoms with Crippen LogP contribution in [0.2, 0.25) is 0 Å². The lowest BCUT2D eigenvalue weighted by molar-refractivity contribution is -0.118. The number of carbonyl (C=O) groups is 1. The van der Waals surface area contributed by atoms with Gasteiger partial charge in [-0.1, -0.05) is 6.07 Å². The predicted molar refractivity (Wildman–Crippen MR) is 57.6 cm³/mol. The van der Waals surface area contributed by atoms with Gasteiger partial charge in [0.1, 0.15) is 5.75 Å². The molecule has 1 aliphatic carbocycles. The lowest BCUT2D eigenvalue weighted by atomic mass is 9.81. The highest BCUT2D eigenvalue weighted by atomic mass is 16.3. The zero-order valence-electron chi connectivity index (χ0n) is 8.57. The van der Waals surface area contributed by atoms with Crippen molar-refractivity contribution in [3.63, 3.8) is 0 Å². The predicted octanol–water partition coefficient (Wildman–Crippen LogP) is 1.69. The topological polar surface area (TPSA) is 63.3 Å². The molecule has 1 atom stereocenters. The molecular weight excluding hydrogens is 190 g/mol. The minimum Gasteiger partial charge on any atom is -0.508 e. The van der Waals surface area contributed by atoms with Crippen LogP contribution in [0, 0.1) is 0 Å². The average Bonchev–Trinajstić information content (AvgIpc) is 2.18. The summed E-state index contributed by atoms with van der Waals surface area (Å²) in [5.74, 6) is 0.194. The van der Waals surface area contributed by atoms with Gasteiger partial charge in [-0.2, -0.15) is 0 Å². The fourth-order valence-electron chi connectivity index (χ4n) is 2.34. The second-order valence-electron chi connectivity index (χ2n) is 4.14. The molecule has 0 aromatic heterocycles. The van der Waals surface area contributed by atoms with Gasteiger partial charge in [0.15, 0.2) is 0 Å². The van der Waals surface area contributed by atoms with E-state index >= 15 is 0 Å². The van der Waals surface area contributed by atoms with E-state index in [2.05, 4.69) is 0 Å². The van der Waals surface area contributed by atoms with Crippen LogP contribution in [0.1, 0.15) is 36.3 Å². The Hall–Kier alpha value is -1.51.